The van der Waals surface area contributed by atoms with E-state index in [1.54, 1.807) is 24.3 Å². The lowest BCUT2D eigenvalue weighted by Gasteiger charge is -2.34. The molecule has 0 radical (unpaired) electrons. The summed E-state index contributed by atoms with van der Waals surface area (Å²) in [6.45, 7) is 1.25. The van der Waals surface area contributed by atoms with Crippen molar-refractivity contribution in [2.24, 2.45) is 5.73 Å². The van der Waals surface area contributed by atoms with Crippen molar-refractivity contribution in [3.63, 3.8) is 0 Å². The van der Waals surface area contributed by atoms with Gasteiger partial charge >= 0.3 is 6.03 Å². The summed E-state index contributed by atoms with van der Waals surface area (Å²) in [7, 11) is 0. The Morgan fingerprint density at radius 1 is 1.42 bits per heavy atom. The maximum Gasteiger partial charge on any atom is 0.322 e. The third-order valence-corrected chi connectivity index (χ3v) is 3.43. The number of hydrogen-bond donors (Lipinski definition) is 2. The summed E-state index contributed by atoms with van der Waals surface area (Å²) in [6.07, 6.45) is 3.12. The lowest BCUT2D eigenvalue weighted by atomic mass is 10.0. The number of carbonyl (C=O) groups is 1. The number of nitrogens with one attached hydrogen (secondary N) is 1. The van der Waals surface area contributed by atoms with Crippen molar-refractivity contribution in [2.45, 2.75) is 25.3 Å². The predicted molar refractivity (Wildman–Crippen MR) is 73.6 cm³/mol. The molecule has 2 rings (SSSR count). The number of nitrogens with two attached hydrogens (primary N) is 1. The first-order valence-corrected chi connectivity index (χ1v) is 6.52. The summed E-state index contributed by atoms with van der Waals surface area (Å²) in [4.78, 5) is 14.0. The van der Waals surface area contributed by atoms with Crippen LogP contribution in [0.2, 0.25) is 0 Å². The number of nitriles is 1. The number of urea groups is 1. The van der Waals surface area contributed by atoms with Crippen LogP contribution in [-0.4, -0.2) is 30.1 Å². The van der Waals surface area contributed by atoms with Crippen LogP contribution in [0.1, 0.15) is 24.8 Å². The molecule has 0 aliphatic carbocycles. The number of hydrogen-bond acceptors (Lipinski definition) is 3. The first kappa shape index (κ1) is 13.4. The van der Waals surface area contributed by atoms with E-state index in [-0.39, 0.29) is 12.1 Å². The molecule has 1 aliphatic rings. The number of nitrogens with zero attached hydrogens (tertiary/aromatic N) is 2. The van der Waals surface area contributed by atoms with Crippen LogP contribution in [0.15, 0.2) is 24.3 Å². The Morgan fingerprint density at radius 3 is 2.79 bits per heavy atom. The molecule has 0 saturated carbocycles. The summed E-state index contributed by atoms with van der Waals surface area (Å²) < 4.78 is 0. The van der Waals surface area contributed by atoms with E-state index in [0.717, 1.165) is 25.8 Å². The van der Waals surface area contributed by atoms with Gasteiger partial charge in [-0.05, 0) is 43.5 Å². The topological polar surface area (TPSA) is 82.2 Å². The van der Waals surface area contributed by atoms with E-state index >= 15 is 0 Å². The highest BCUT2D eigenvalue weighted by molar-refractivity contribution is 5.89. The van der Waals surface area contributed by atoms with Gasteiger partial charge in [-0.2, -0.15) is 5.26 Å². The van der Waals surface area contributed by atoms with Gasteiger partial charge in [0.15, 0.2) is 0 Å². The zero-order valence-corrected chi connectivity index (χ0v) is 10.8. The first-order valence-electron chi connectivity index (χ1n) is 6.52. The number of benzene rings is 1. The Labute approximate surface area is 113 Å². The van der Waals surface area contributed by atoms with Crippen LogP contribution in [0.4, 0.5) is 10.5 Å². The van der Waals surface area contributed by atoms with Gasteiger partial charge in [0.1, 0.15) is 0 Å². The predicted octanol–water partition coefficient (Wildman–Crippen LogP) is 1.90. The van der Waals surface area contributed by atoms with Gasteiger partial charge in [0.25, 0.3) is 0 Å². The molecule has 19 heavy (non-hydrogen) atoms. The fraction of sp³-hybridized carbons (Fsp3) is 0.429. The molecule has 1 aromatic carbocycles. The summed E-state index contributed by atoms with van der Waals surface area (Å²) in [5, 5.41) is 11.6. The monoisotopic (exact) mass is 258 g/mol. The van der Waals surface area contributed by atoms with Crippen LogP contribution in [0.3, 0.4) is 0 Å². The van der Waals surface area contributed by atoms with Crippen molar-refractivity contribution in [3.05, 3.63) is 29.8 Å². The van der Waals surface area contributed by atoms with Gasteiger partial charge < -0.3 is 16.0 Å². The minimum Gasteiger partial charge on any atom is -0.328 e. The van der Waals surface area contributed by atoms with Crippen LogP contribution >= 0.6 is 0 Å². The third kappa shape index (κ3) is 3.24. The summed E-state index contributed by atoms with van der Waals surface area (Å²) in [5.41, 5.74) is 6.98. The normalized spacial score (nSPS) is 18.7. The van der Waals surface area contributed by atoms with E-state index in [0.29, 0.717) is 17.8 Å². The molecule has 5 heteroatoms. The third-order valence-electron chi connectivity index (χ3n) is 3.43. The first-order chi connectivity index (χ1) is 9.24. The molecule has 1 aliphatic heterocycles. The van der Waals surface area contributed by atoms with Crippen molar-refractivity contribution in [3.8, 4) is 6.07 Å². The molecule has 1 heterocycles. The second-order valence-electron chi connectivity index (χ2n) is 4.70. The van der Waals surface area contributed by atoms with Crippen molar-refractivity contribution in [1.82, 2.24) is 4.90 Å². The number of anilines is 1. The highest BCUT2D eigenvalue weighted by Gasteiger charge is 2.25. The standard InChI is InChI=1S/C14H18N4O/c15-9-11-4-6-12(7-5-11)17-14(19)18-8-2-1-3-13(18)10-16/h4-7,13H,1-3,8,10,16H2,(H,17,19). The van der Waals surface area contributed by atoms with E-state index < -0.39 is 0 Å². The zero-order chi connectivity index (χ0) is 13.7. The highest BCUT2D eigenvalue weighted by atomic mass is 16.2. The van der Waals surface area contributed by atoms with Gasteiger partial charge in [0.2, 0.25) is 0 Å². The lowest BCUT2D eigenvalue weighted by molar-refractivity contribution is 0.166. The van der Waals surface area contributed by atoms with Crippen LogP contribution in [0.5, 0.6) is 0 Å². The van der Waals surface area contributed by atoms with E-state index in [2.05, 4.69) is 5.32 Å². The van der Waals surface area contributed by atoms with E-state index in [4.69, 9.17) is 11.0 Å². The van der Waals surface area contributed by atoms with Crippen LogP contribution < -0.4 is 11.1 Å². The molecule has 100 valence electrons. The Balaban J connectivity index is 2.01. The largest absolute Gasteiger partial charge is 0.328 e. The van der Waals surface area contributed by atoms with E-state index in [1.165, 1.54) is 0 Å². The van der Waals surface area contributed by atoms with Gasteiger partial charge in [-0.15, -0.1) is 0 Å². The number of carbonyl (C=O) groups excluding carboxylic acids is 1. The average molecular weight is 258 g/mol. The quantitative estimate of drug-likeness (QED) is 0.850. The number of amides is 2. The Hall–Kier alpha value is -2.06. The average Bonchev–Trinajstić information content (AvgIpc) is 2.48. The Morgan fingerprint density at radius 2 is 2.16 bits per heavy atom. The van der Waals surface area contributed by atoms with Gasteiger partial charge in [0, 0.05) is 24.8 Å². The highest BCUT2D eigenvalue weighted by Crippen LogP contribution is 2.18. The second-order valence-corrected chi connectivity index (χ2v) is 4.70. The molecule has 5 nitrogen and oxygen atoms in total. The molecule has 0 aromatic heterocycles. The van der Waals surface area contributed by atoms with Gasteiger partial charge in [-0.25, -0.2) is 4.79 Å². The van der Waals surface area contributed by atoms with Crippen LogP contribution in [-0.2, 0) is 0 Å². The molecule has 0 bridgehead atoms. The smallest absolute Gasteiger partial charge is 0.322 e. The maximum atomic E-state index is 12.2. The van der Waals surface area contributed by atoms with E-state index in [1.807, 2.05) is 11.0 Å². The van der Waals surface area contributed by atoms with Crippen molar-refractivity contribution < 1.29 is 4.79 Å². The Bertz CT molecular complexity index is 477. The maximum absolute atomic E-state index is 12.2. The molecule has 1 saturated heterocycles. The molecular formula is C14H18N4O. The number of piperidine rings is 1. The molecule has 1 fully saturated rings. The molecule has 3 N–H and O–H groups in total. The zero-order valence-electron chi connectivity index (χ0n) is 10.8. The molecule has 1 atom stereocenters. The van der Waals surface area contributed by atoms with Gasteiger partial charge in [-0.1, -0.05) is 0 Å². The van der Waals surface area contributed by atoms with Crippen molar-refractivity contribution in [1.29, 1.82) is 5.26 Å². The fourth-order valence-electron chi connectivity index (χ4n) is 2.34. The van der Waals surface area contributed by atoms with Crippen molar-refractivity contribution >= 4 is 11.7 Å². The van der Waals surface area contributed by atoms with Crippen LogP contribution in [0, 0.1) is 11.3 Å². The fourth-order valence-corrected chi connectivity index (χ4v) is 2.34. The molecule has 1 aromatic rings. The van der Waals surface area contributed by atoms with Gasteiger partial charge in [0.05, 0.1) is 11.6 Å². The SMILES string of the molecule is N#Cc1ccc(NC(=O)N2CCCCC2CN)cc1. The Kier molecular flexibility index (Phi) is 4.37. The minimum atomic E-state index is -0.111. The molecular weight excluding hydrogens is 240 g/mol. The van der Waals surface area contributed by atoms with Crippen molar-refractivity contribution in [2.75, 3.05) is 18.4 Å². The number of rotatable bonds is 2. The van der Waals surface area contributed by atoms with Crippen LogP contribution in [0.25, 0.3) is 0 Å². The molecule has 0 spiro atoms. The molecule has 1 unspecified atom stereocenters. The summed E-state index contributed by atoms with van der Waals surface area (Å²) >= 11 is 0. The summed E-state index contributed by atoms with van der Waals surface area (Å²) in [5.74, 6) is 0. The summed E-state index contributed by atoms with van der Waals surface area (Å²) in [6, 6.07) is 8.91. The minimum absolute atomic E-state index is 0.111. The second kappa shape index (κ2) is 6.21. The lowest BCUT2D eigenvalue weighted by Crippen LogP contribution is -2.49. The molecule has 2 amide bonds. The van der Waals surface area contributed by atoms with E-state index in [9.17, 15) is 4.79 Å². The number of likely N-dealkylation sites (tertiary alicyclic amines) is 1. The van der Waals surface area contributed by atoms with Gasteiger partial charge in [-0.3, -0.25) is 0 Å².